The monoisotopic (exact) mass is 357 g/mol. The van der Waals surface area contributed by atoms with E-state index in [1.165, 1.54) is 32.1 Å². The van der Waals surface area contributed by atoms with Gasteiger partial charge in [-0.25, -0.2) is 0 Å². The van der Waals surface area contributed by atoms with Gasteiger partial charge in [-0.15, -0.1) is 0 Å². The zero-order valence-corrected chi connectivity index (χ0v) is 16.2. The van der Waals surface area contributed by atoms with E-state index >= 15 is 0 Å². The van der Waals surface area contributed by atoms with Gasteiger partial charge < -0.3 is 24.8 Å². The minimum atomic E-state index is 0. The van der Waals surface area contributed by atoms with E-state index in [0.29, 0.717) is 0 Å². The molecule has 0 saturated heterocycles. The molecule has 1 aromatic rings. The summed E-state index contributed by atoms with van der Waals surface area (Å²) in [7, 11) is 0. The third-order valence-electron chi connectivity index (χ3n) is 4.81. The van der Waals surface area contributed by atoms with E-state index in [2.05, 4.69) is 39.0 Å². The third-order valence-corrected chi connectivity index (χ3v) is 4.81. The van der Waals surface area contributed by atoms with Gasteiger partial charge in [0.05, 0.1) is 0 Å². The van der Waals surface area contributed by atoms with Gasteiger partial charge in [-0.3, -0.25) is 0 Å². The molecule has 0 fully saturated rings. The summed E-state index contributed by atoms with van der Waals surface area (Å²) in [6.45, 7) is 6.97. The van der Waals surface area contributed by atoms with E-state index in [1.807, 2.05) is 0 Å². The number of aryl methyl sites for hydroxylation is 1. The maximum absolute atomic E-state index is 2.35. The van der Waals surface area contributed by atoms with Gasteiger partial charge in [0.2, 0.25) is 0 Å². The fourth-order valence-electron chi connectivity index (χ4n) is 3.94. The summed E-state index contributed by atoms with van der Waals surface area (Å²) < 4.78 is 0. The van der Waals surface area contributed by atoms with Crippen LogP contribution in [0.4, 0.5) is 0 Å². The van der Waals surface area contributed by atoms with Crippen LogP contribution in [-0.2, 0) is 28.1 Å². The van der Waals surface area contributed by atoms with Gasteiger partial charge in [0.1, 0.15) is 0 Å². The van der Waals surface area contributed by atoms with Gasteiger partial charge in [0.15, 0.2) is 0 Å². The minimum Gasteiger partial charge on any atom is -1.00 e. The predicted molar refractivity (Wildman–Crippen MR) is 78.4 cm³/mol. The molecule has 3 aliphatic rings. The van der Waals surface area contributed by atoms with Gasteiger partial charge in [-0.1, -0.05) is 63.3 Å². The van der Waals surface area contributed by atoms with Crippen molar-refractivity contribution in [2.75, 3.05) is 0 Å². The van der Waals surface area contributed by atoms with Crippen molar-refractivity contribution in [2.24, 2.45) is 0 Å². The number of halogens is 2. The molecule has 3 heteroatoms. The maximum Gasteiger partial charge on any atom is 3.00 e. The minimum absolute atomic E-state index is 0. The summed E-state index contributed by atoms with van der Waals surface area (Å²) in [5, 5.41) is 0. The topological polar surface area (TPSA) is 0 Å². The zero-order valence-electron chi connectivity index (χ0n) is 13.1. The van der Waals surface area contributed by atoms with Crippen LogP contribution >= 0.6 is 0 Å². The number of hydrogen-bond donors (Lipinski definition) is 0. The van der Waals surface area contributed by atoms with Crippen molar-refractivity contribution < 1.29 is 46.5 Å². The van der Waals surface area contributed by atoms with Gasteiger partial charge in [-0.2, -0.15) is 27.8 Å². The number of hydrogen-bond acceptors (Lipinski definition) is 0. The molecule has 0 N–H and O–H groups in total. The molecule has 1 atom stereocenters. The average molecular weight is 358 g/mol. The van der Waals surface area contributed by atoms with Crippen molar-refractivity contribution in [1.82, 2.24) is 0 Å². The first-order chi connectivity index (χ1) is 8.74. The van der Waals surface area contributed by atoms with Gasteiger partial charge in [-0.05, 0) is 19.3 Å². The van der Waals surface area contributed by atoms with Crippen LogP contribution in [0.3, 0.4) is 0 Å². The Morgan fingerprint density at radius 3 is 2.52 bits per heavy atom. The molecule has 0 amide bonds. The Morgan fingerprint density at radius 2 is 1.95 bits per heavy atom. The Morgan fingerprint density at radius 1 is 1.24 bits per heavy atom. The van der Waals surface area contributed by atoms with Crippen molar-refractivity contribution in [3.63, 3.8) is 0 Å². The Hall–Kier alpha value is 0.124. The van der Waals surface area contributed by atoms with Crippen molar-refractivity contribution in [3.05, 3.63) is 51.6 Å². The summed E-state index contributed by atoms with van der Waals surface area (Å²) in [6.07, 6.45) is 13.1. The second-order valence-corrected chi connectivity index (χ2v) is 5.85. The summed E-state index contributed by atoms with van der Waals surface area (Å²) in [6, 6.07) is 0. The van der Waals surface area contributed by atoms with Crippen molar-refractivity contribution in [2.45, 2.75) is 58.8 Å². The van der Waals surface area contributed by atoms with Gasteiger partial charge >= 0.3 is 21.7 Å². The van der Waals surface area contributed by atoms with Crippen molar-refractivity contribution >= 4 is 0 Å². The van der Waals surface area contributed by atoms with Gasteiger partial charge in [0, 0.05) is 0 Å². The molecule has 113 valence electrons. The molecule has 0 heterocycles. The Balaban J connectivity index is 0.00000133. The largest absolute Gasteiger partial charge is 3.00 e. The van der Waals surface area contributed by atoms with E-state index in [4.69, 9.17) is 0 Å². The second-order valence-electron chi connectivity index (χ2n) is 5.85. The van der Waals surface area contributed by atoms with E-state index in [0.717, 1.165) is 5.92 Å². The Kier molecular flexibility index (Phi) is 8.73. The van der Waals surface area contributed by atoms with E-state index in [9.17, 15) is 0 Å². The first-order valence-corrected chi connectivity index (χ1v) is 7.37. The van der Waals surface area contributed by atoms with Crippen LogP contribution in [0.5, 0.6) is 0 Å². The van der Waals surface area contributed by atoms with E-state index < -0.39 is 0 Å². The number of allylic oxidation sites excluding steroid dienone is 4. The molecule has 0 nitrogen and oxygen atoms in total. The van der Waals surface area contributed by atoms with Crippen LogP contribution < -0.4 is 24.8 Å². The Labute approximate surface area is 156 Å². The molecular weight excluding hydrogens is 335 g/mol. The zero-order chi connectivity index (χ0) is 12.7. The summed E-state index contributed by atoms with van der Waals surface area (Å²) in [5.74, 6) is 0.806. The molecule has 1 unspecified atom stereocenters. The standard InChI is InChI=1S/C18H23.2ClH.Ti/c1-4-7-16-17-12(2)15(18(16)13(17)3)11-10-14-8-5-6-9-14;;;/h5-6,8,16H,4,7,9-11H2,1-3H3;2*1H;/q-1;;;+3/p-2. The maximum atomic E-state index is 2.35. The third kappa shape index (κ3) is 3.55. The van der Waals surface area contributed by atoms with Crippen LogP contribution in [0.2, 0.25) is 0 Å². The SMILES string of the molecule is CCCC1c2c(C)c1[c-](C)c2CCC1=CC=CC1.[Cl-].[Cl-].[Ti+3]. The van der Waals surface area contributed by atoms with E-state index in [1.54, 1.807) is 33.4 Å². The van der Waals surface area contributed by atoms with E-state index in [-0.39, 0.29) is 46.5 Å². The molecule has 21 heavy (non-hydrogen) atoms. The fourth-order valence-corrected chi connectivity index (χ4v) is 3.94. The van der Waals surface area contributed by atoms with Crippen LogP contribution in [0.1, 0.15) is 66.3 Å². The quantitative estimate of drug-likeness (QED) is 0.473. The molecule has 0 aliphatic heterocycles. The second kappa shape index (κ2) is 8.68. The molecule has 2 bridgehead atoms. The molecule has 0 aromatic heterocycles. The number of rotatable bonds is 5. The summed E-state index contributed by atoms with van der Waals surface area (Å²) >= 11 is 0. The molecular formula is C18H23Cl2Ti. The molecule has 4 rings (SSSR count). The first kappa shape index (κ1) is 21.1. The first-order valence-electron chi connectivity index (χ1n) is 7.37. The Bertz CT molecular complexity index is 538. The molecule has 0 spiro atoms. The van der Waals surface area contributed by atoms with Crippen LogP contribution in [-0.4, -0.2) is 0 Å². The van der Waals surface area contributed by atoms with Gasteiger partial charge in [0.25, 0.3) is 0 Å². The normalized spacial score (nSPS) is 17.3. The molecule has 1 radical (unpaired) electrons. The number of fused-ring (bicyclic) bond motifs is 1. The fraction of sp³-hybridized carbons (Fsp3) is 0.500. The molecule has 0 saturated carbocycles. The molecule has 1 aromatic carbocycles. The smallest absolute Gasteiger partial charge is 1.00 e. The van der Waals surface area contributed by atoms with Crippen LogP contribution in [0.25, 0.3) is 0 Å². The average Bonchev–Trinajstić information content (AvgIpc) is 3.00. The van der Waals surface area contributed by atoms with Crippen molar-refractivity contribution in [1.29, 1.82) is 0 Å². The van der Waals surface area contributed by atoms with Crippen LogP contribution in [0.15, 0.2) is 23.8 Å². The van der Waals surface area contributed by atoms with Crippen LogP contribution in [0, 0.1) is 13.8 Å². The summed E-state index contributed by atoms with van der Waals surface area (Å²) in [5.41, 5.74) is 9.94. The predicted octanol–water partition coefficient (Wildman–Crippen LogP) is -0.908. The molecule has 3 aliphatic carbocycles. The summed E-state index contributed by atoms with van der Waals surface area (Å²) in [4.78, 5) is 0. The van der Waals surface area contributed by atoms with Crippen molar-refractivity contribution in [3.8, 4) is 0 Å².